The van der Waals surface area contributed by atoms with Crippen LogP contribution in [0, 0.1) is 0 Å². The van der Waals surface area contributed by atoms with Crippen LogP contribution < -0.4 is 10.9 Å². The van der Waals surface area contributed by atoms with Crippen LogP contribution in [0.2, 0.25) is 0 Å². The Hall–Kier alpha value is -2.63. The van der Waals surface area contributed by atoms with Gasteiger partial charge in [-0.2, -0.15) is 5.10 Å². The van der Waals surface area contributed by atoms with Crippen molar-refractivity contribution in [3.05, 3.63) is 40.8 Å². The smallest absolute Gasteiger partial charge is 0.288 e. The fourth-order valence-electron chi connectivity index (χ4n) is 3.04. The minimum Gasteiger partial charge on any atom is -0.356 e. The third-order valence-electron chi connectivity index (χ3n) is 4.22. The van der Waals surface area contributed by atoms with Gasteiger partial charge in [-0.3, -0.25) is 9.59 Å². The fraction of sp³-hybridized carbons (Fsp3) is 0.389. The zero-order chi connectivity index (χ0) is 16.9. The van der Waals surface area contributed by atoms with E-state index in [9.17, 15) is 9.59 Å². The molecule has 3 rings (SSSR count). The summed E-state index contributed by atoms with van der Waals surface area (Å²) in [6, 6.07) is 7.90. The number of carbonyl (C=O) groups is 1. The maximum Gasteiger partial charge on any atom is 0.288 e. The number of aromatic nitrogens is 3. The molecule has 24 heavy (non-hydrogen) atoms. The van der Waals surface area contributed by atoms with Crippen molar-refractivity contribution < 1.29 is 4.79 Å². The zero-order valence-electron chi connectivity index (χ0n) is 13.8. The van der Waals surface area contributed by atoms with Crippen molar-refractivity contribution in [2.45, 2.75) is 39.2 Å². The van der Waals surface area contributed by atoms with Gasteiger partial charge in [-0.05, 0) is 18.9 Å². The first-order chi connectivity index (χ1) is 11.7. The Balaban J connectivity index is 1.81. The number of carbonyl (C=O) groups excluding carboxylic acids is 1. The van der Waals surface area contributed by atoms with Gasteiger partial charge < -0.3 is 9.88 Å². The van der Waals surface area contributed by atoms with Crippen LogP contribution in [-0.2, 0) is 11.3 Å². The van der Waals surface area contributed by atoms with E-state index in [1.807, 2.05) is 28.8 Å². The minimum atomic E-state index is -0.198. The second-order valence-corrected chi connectivity index (χ2v) is 5.94. The SMILES string of the molecule is CCCCNC(=O)CCCn1c2ccccc2c2cn[nH]c(=O)c21. The first-order valence-electron chi connectivity index (χ1n) is 8.43. The predicted octanol–water partition coefficient (Wildman–Crippen LogP) is 2.57. The highest BCUT2D eigenvalue weighted by Crippen LogP contribution is 2.26. The molecule has 0 fully saturated rings. The number of aryl methyl sites for hydroxylation is 1. The number of H-pyrrole nitrogens is 1. The highest BCUT2D eigenvalue weighted by molar-refractivity contribution is 6.07. The van der Waals surface area contributed by atoms with E-state index in [0.717, 1.165) is 35.7 Å². The molecule has 2 heterocycles. The molecule has 0 aliphatic heterocycles. The van der Waals surface area contributed by atoms with Gasteiger partial charge in [0.1, 0.15) is 5.52 Å². The lowest BCUT2D eigenvalue weighted by Crippen LogP contribution is -2.24. The molecule has 0 unspecified atom stereocenters. The second kappa shape index (κ2) is 7.29. The number of para-hydroxylation sites is 1. The molecule has 0 spiro atoms. The van der Waals surface area contributed by atoms with Gasteiger partial charge in [0.2, 0.25) is 5.91 Å². The fourth-order valence-corrected chi connectivity index (χ4v) is 3.04. The van der Waals surface area contributed by atoms with Gasteiger partial charge in [-0.15, -0.1) is 0 Å². The van der Waals surface area contributed by atoms with Crippen LogP contribution in [0.3, 0.4) is 0 Å². The standard InChI is InChI=1S/C18H22N4O2/c1-2-3-10-19-16(23)9-6-11-22-15-8-5-4-7-13(15)14-12-20-21-18(24)17(14)22/h4-5,7-8,12H,2-3,6,9-11H2,1H3,(H,19,23)(H,21,24). The number of aromatic amines is 1. The summed E-state index contributed by atoms with van der Waals surface area (Å²) >= 11 is 0. The van der Waals surface area contributed by atoms with Gasteiger partial charge >= 0.3 is 0 Å². The van der Waals surface area contributed by atoms with Crippen molar-refractivity contribution in [2.75, 3.05) is 6.54 Å². The zero-order valence-corrected chi connectivity index (χ0v) is 13.8. The van der Waals surface area contributed by atoms with E-state index in [0.29, 0.717) is 24.9 Å². The summed E-state index contributed by atoms with van der Waals surface area (Å²) in [6.45, 7) is 3.45. The monoisotopic (exact) mass is 326 g/mol. The summed E-state index contributed by atoms with van der Waals surface area (Å²) in [5, 5.41) is 11.2. The molecule has 2 N–H and O–H groups in total. The molecule has 3 aromatic rings. The molecule has 0 saturated carbocycles. The Morgan fingerprint density at radius 1 is 1.25 bits per heavy atom. The third kappa shape index (κ3) is 3.18. The third-order valence-corrected chi connectivity index (χ3v) is 4.22. The Kier molecular flexibility index (Phi) is 4.93. The highest BCUT2D eigenvalue weighted by atomic mass is 16.1. The van der Waals surface area contributed by atoms with E-state index in [4.69, 9.17) is 0 Å². The molecule has 0 atom stereocenters. The van der Waals surface area contributed by atoms with Crippen LogP contribution in [0.5, 0.6) is 0 Å². The first kappa shape index (κ1) is 16.2. The van der Waals surface area contributed by atoms with Gasteiger partial charge in [0.05, 0.1) is 6.20 Å². The average molecular weight is 326 g/mol. The lowest BCUT2D eigenvalue weighted by Gasteiger charge is -2.07. The summed E-state index contributed by atoms with van der Waals surface area (Å²) in [5.74, 6) is 0.0693. The molecular weight excluding hydrogens is 304 g/mol. The van der Waals surface area contributed by atoms with Crippen molar-refractivity contribution >= 4 is 27.7 Å². The van der Waals surface area contributed by atoms with Crippen LogP contribution in [0.15, 0.2) is 35.3 Å². The maximum atomic E-state index is 12.2. The first-order valence-corrected chi connectivity index (χ1v) is 8.43. The summed E-state index contributed by atoms with van der Waals surface area (Å²) in [7, 11) is 0. The number of rotatable bonds is 7. The number of hydrogen-bond donors (Lipinski definition) is 2. The molecule has 0 bridgehead atoms. The van der Waals surface area contributed by atoms with Crippen molar-refractivity contribution in [3.63, 3.8) is 0 Å². The summed E-state index contributed by atoms with van der Waals surface area (Å²) < 4.78 is 1.99. The van der Waals surface area contributed by atoms with Gasteiger partial charge in [0.15, 0.2) is 0 Å². The maximum absolute atomic E-state index is 12.2. The minimum absolute atomic E-state index is 0.0693. The summed E-state index contributed by atoms with van der Waals surface area (Å²) in [5.41, 5.74) is 1.42. The van der Waals surface area contributed by atoms with E-state index in [1.54, 1.807) is 6.20 Å². The topological polar surface area (TPSA) is 79.8 Å². The van der Waals surface area contributed by atoms with E-state index < -0.39 is 0 Å². The molecule has 1 aromatic carbocycles. The summed E-state index contributed by atoms with van der Waals surface area (Å²) in [4.78, 5) is 24.1. The average Bonchev–Trinajstić information content (AvgIpc) is 2.91. The van der Waals surface area contributed by atoms with Crippen molar-refractivity contribution in [3.8, 4) is 0 Å². The van der Waals surface area contributed by atoms with Crippen LogP contribution >= 0.6 is 0 Å². The highest BCUT2D eigenvalue weighted by Gasteiger charge is 2.13. The van der Waals surface area contributed by atoms with Gasteiger partial charge in [0, 0.05) is 35.8 Å². The Morgan fingerprint density at radius 2 is 2.08 bits per heavy atom. The van der Waals surface area contributed by atoms with Crippen LogP contribution in [0.1, 0.15) is 32.6 Å². The largest absolute Gasteiger partial charge is 0.356 e. The summed E-state index contributed by atoms with van der Waals surface area (Å²) in [6.07, 6.45) is 4.90. The second-order valence-electron chi connectivity index (χ2n) is 5.94. The van der Waals surface area contributed by atoms with Crippen molar-refractivity contribution in [1.82, 2.24) is 20.1 Å². The Labute approximate surface area is 139 Å². The molecule has 0 aliphatic rings. The van der Waals surface area contributed by atoms with E-state index in [1.165, 1.54) is 0 Å². The molecular formula is C18H22N4O2. The normalized spacial score (nSPS) is 11.2. The molecule has 1 amide bonds. The van der Waals surface area contributed by atoms with Gasteiger partial charge in [-0.1, -0.05) is 31.5 Å². The van der Waals surface area contributed by atoms with Crippen molar-refractivity contribution in [1.29, 1.82) is 0 Å². The van der Waals surface area contributed by atoms with Crippen LogP contribution in [0.25, 0.3) is 21.8 Å². The number of unbranched alkanes of at least 4 members (excludes halogenated alkanes) is 1. The van der Waals surface area contributed by atoms with Crippen molar-refractivity contribution in [2.24, 2.45) is 0 Å². The van der Waals surface area contributed by atoms with E-state index >= 15 is 0 Å². The van der Waals surface area contributed by atoms with Gasteiger partial charge in [0.25, 0.3) is 5.56 Å². The van der Waals surface area contributed by atoms with E-state index in [-0.39, 0.29) is 11.5 Å². The number of amides is 1. The molecule has 0 radical (unpaired) electrons. The molecule has 6 nitrogen and oxygen atoms in total. The van der Waals surface area contributed by atoms with Crippen LogP contribution in [-0.4, -0.2) is 27.2 Å². The van der Waals surface area contributed by atoms with Crippen LogP contribution in [0.4, 0.5) is 0 Å². The quantitative estimate of drug-likeness (QED) is 0.655. The van der Waals surface area contributed by atoms with E-state index in [2.05, 4.69) is 22.4 Å². The number of benzene rings is 1. The number of nitrogens with zero attached hydrogens (tertiary/aromatic N) is 2. The molecule has 6 heteroatoms. The number of nitrogens with one attached hydrogen (secondary N) is 2. The number of hydrogen-bond acceptors (Lipinski definition) is 3. The molecule has 0 saturated heterocycles. The Bertz CT molecular complexity index is 910. The Morgan fingerprint density at radius 3 is 2.92 bits per heavy atom. The molecule has 0 aliphatic carbocycles. The number of fused-ring (bicyclic) bond motifs is 3. The lowest BCUT2D eigenvalue weighted by atomic mass is 10.2. The predicted molar refractivity (Wildman–Crippen MR) is 95.0 cm³/mol. The molecule has 126 valence electrons. The molecule has 2 aromatic heterocycles. The van der Waals surface area contributed by atoms with Gasteiger partial charge in [-0.25, -0.2) is 5.10 Å². The lowest BCUT2D eigenvalue weighted by molar-refractivity contribution is -0.121.